The minimum absolute atomic E-state index is 0.189. The number of ether oxygens (including phenoxy) is 1. The molecule has 3 heteroatoms. The van der Waals surface area contributed by atoms with E-state index in [0.29, 0.717) is 11.6 Å². The zero-order valence-corrected chi connectivity index (χ0v) is 12.6. The van der Waals surface area contributed by atoms with Crippen LogP contribution in [0, 0.1) is 6.92 Å². The Kier molecular flexibility index (Phi) is 3.98. The van der Waals surface area contributed by atoms with E-state index in [2.05, 4.69) is 37.9 Å². The molecule has 2 N–H and O–H groups in total. The summed E-state index contributed by atoms with van der Waals surface area (Å²) in [6.07, 6.45) is 2.73. The van der Waals surface area contributed by atoms with Gasteiger partial charge in [-0.25, -0.2) is 4.98 Å². The van der Waals surface area contributed by atoms with E-state index in [4.69, 9.17) is 10.5 Å². The molecule has 0 saturated carbocycles. The predicted molar refractivity (Wildman–Crippen MR) is 83.2 cm³/mol. The van der Waals surface area contributed by atoms with Crippen molar-refractivity contribution in [3.63, 3.8) is 0 Å². The maximum absolute atomic E-state index is 5.75. The minimum Gasteiger partial charge on any atom is -0.439 e. The molecule has 0 atom stereocenters. The molecule has 3 nitrogen and oxygen atoms in total. The minimum atomic E-state index is 0.189. The quantitative estimate of drug-likeness (QED) is 0.892. The number of rotatable bonds is 4. The molecule has 2 aromatic rings. The Balaban J connectivity index is 2.16. The first-order valence-electron chi connectivity index (χ1n) is 6.93. The van der Waals surface area contributed by atoms with Crippen molar-refractivity contribution in [2.75, 3.05) is 5.73 Å². The average molecular weight is 270 g/mol. The number of benzene rings is 1. The number of hydrogen-bond acceptors (Lipinski definition) is 3. The SMILES string of the molecule is CCC(C)(C)c1ccc(Oc2cc(C)c(N)cn2)cc1. The number of pyridine rings is 1. The molecule has 1 aromatic carbocycles. The molecule has 0 spiro atoms. The standard InChI is InChI=1S/C17H22N2O/c1-5-17(3,4)13-6-8-14(9-7-13)20-16-10-12(2)15(18)11-19-16/h6-11H,5,18H2,1-4H3. The summed E-state index contributed by atoms with van der Waals surface area (Å²) < 4.78 is 5.75. The van der Waals surface area contributed by atoms with Crippen LogP contribution in [0.3, 0.4) is 0 Å². The van der Waals surface area contributed by atoms with Gasteiger partial charge in [0.1, 0.15) is 5.75 Å². The van der Waals surface area contributed by atoms with Crippen LogP contribution in [0.5, 0.6) is 11.6 Å². The molecule has 0 saturated heterocycles. The van der Waals surface area contributed by atoms with Gasteiger partial charge in [-0.15, -0.1) is 0 Å². The molecule has 2 rings (SSSR count). The Morgan fingerprint density at radius 3 is 2.40 bits per heavy atom. The van der Waals surface area contributed by atoms with Gasteiger partial charge in [-0.2, -0.15) is 0 Å². The number of nitrogen functional groups attached to an aromatic ring is 1. The highest BCUT2D eigenvalue weighted by Gasteiger charge is 2.17. The predicted octanol–water partition coefficient (Wildman–Crippen LogP) is 4.45. The second-order valence-electron chi connectivity index (χ2n) is 5.74. The van der Waals surface area contributed by atoms with Gasteiger partial charge >= 0.3 is 0 Å². The molecular weight excluding hydrogens is 248 g/mol. The molecule has 0 aliphatic carbocycles. The van der Waals surface area contributed by atoms with Gasteiger partial charge in [0.25, 0.3) is 0 Å². The lowest BCUT2D eigenvalue weighted by Gasteiger charge is -2.23. The lowest BCUT2D eigenvalue weighted by atomic mass is 9.82. The summed E-state index contributed by atoms with van der Waals surface area (Å²) in [4.78, 5) is 4.17. The smallest absolute Gasteiger partial charge is 0.219 e. The van der Waals surface area contributed by atoms with Crippen LogP contribution < -0.4 is 10.5 Å². The first-order valence-corrected chi connectivity index (χ1v) is 6.93. The second kappa shape index (κ2) is 5.53. The maximum Gasteiger partial charge on any atom is 0.219 e. The van der Waals surface area contributed by atoms with Crippen LogP contribution in [0.25, 0.3) is 0 Å². The summed E-state index contributed by atoms with van der Waals surface area (Å²) in [6.45, 7) is 8.63. The van der Waals surface area contributed by atoms with Gasteiger partial charge < -0.3 is 10.5 Å². The number of aryl methyl sites for hydroxylation is 1. The summed E-state index contributed by atoms with van der Waals surface area (Å²) >= 11 is 0. The van der Waals surface area contributed by atoms with Crippen molar-refractivity contribution in [3.8, 4) is 11.6 Å². The number of anilines is 1. The third kappa shape index (κ3) is 3.10. The highest BCUT2D eigenvalue weighted by Crippen LogP contribution is 2.29. The first-order chi connectivity index (χ1) is 9.42. The van der Waals surface area contributed by atoms with E-state index in [1.807, 2.05) is 25.1 Å². The number of nitrogens with two attached hydrogens (primary N) is 1. The Hall–Kier alpha value is -2.03. The van der Waals surface area contributed by atoms with Crippen LogP contribution in [0.15, 0.2) is 36.5 Å². The van der Waals surface area contributed by atoms with Gasteiger partial charge in [0.2, 0.25) is 5.88 Å². The van der Waals surface area contributed by atoms with Crippen LogP contribution >= 0.6 is 0 Å². The fraction of sp³-hybridized carbons (Fsp3) is 0.353. The van der Waals surface area contributed by atoms with E-state index >= 15 is 0 Å². The first kappa shape index (κ1) is 14.4. The molecule has 0 radical (unpaired) electrons. The third-order valence-electron chi connectivity index (χ3n) is 3.87. The molecule has 20 heavy (non-hydrogen) atoms. The van der Waals surface area contributed by atoms with Crippen LogP contribution in [0.2, 0.25) is 0 Å². The van der Waals surface area contributed by atoms with Crippen LogP contribution in [-0.4, -0.2) is 4.98 Å². The van der Waals surface area contributed by atoms with Crippen LogP contribution in [0.1, 0.15) is 38.3 Å². The van der Waals surface area contributed by atoms with E-state index in [1.165, 1.54) is 5.56 Å². The number of hydrogen-bond donors (Lipinski definition) is 1. The molecule has 1 heterocycles. The molecular formula is C17H22N2O. The summed E-state index contributed by atoms with van der Waals surface area (Å²) in [5, 5.41) is 0. The Bertz CT molecular complexity index is 588. The Labute approximate surface area is 120 Å². The lowest BCUT2D eigenvalue weighted by Crippen LogP contribution is -2.14. The summed E-state index contributed by atoms with van der Waals surface area (Å²) in [7, 11) is 0. The van der Waals surface area contributed by atoms with E-state index in [1.54, 1.807) is 6.20 Å². The van der Waals surface area contributed by atoms with Crippen molar-refractivity contribution in [1.82, 2.24) is 4.98 Å². The van der Waals surface area contributed by atoms with Crippen molar-refractivity contribution >= 4 is 5.69 Å². The van der Waals surface area contributed by atoms with Gasteiger partial charge in [-0.1, -0.05) is 32.9 Å². The fourth-order valence-corrected chi connectivity index (χ4v) is 1.90. The van der Waals surface area contributed by atoms with E-state index in [-0.39, 0.29) is 5.41 Å². The van der Waals surface area contributed by atoms with Gasteiger partial charge in [0.15, 0.2) is 0 Å². The highest BCUT2D eigenvalue weighted by molar-refractivity contribution is 5.46. The van der Waals surface area contributed by atoms with Crippen molar-refractivity contribution in [3.05, 3.63) is 47.7 Å². The Morgan fingerprint density at radius 2 is 1.85 bits per heavy atom. The normalized spacial score (nSPS) is 11.4. The Morgan fingerprint density at radius 1 is 1.20 bits per heavy atom. The van der Waals surface area contributed by atoms with Gasteiger partial charge in [0.05, 0.1) is 11.9 Å². The monoisotopic (exact) mass is 270 g/mol. The van der Waals surface area contributed by atoms with Crippen molar-refractivity contribution in [1.29, 1.82) is 0 Å². The highest BCUT2D eigenvalue weighted by atomic mass is 16.5. The summed E-state index contributed by atoms with van der Waals surface area (Å²) in [5.74, 6) is 1.36. The molecule has 0 aliphatic rings. The molecule has 1 aromatic heterocycles. The molecule has 0 fully saturated rings. The third-order valence-corrected chi connectivity index (χ3v) is 3.87. The largest absolute Gasteiger partial charge is 0.439 e. The van der Waals surface area contributed by atoms with Crippen LogP contribution in [0.4, 0.5) is 5.69 Å². The van der Waals surface area contributed by atoms with Crippen molar-refractivity contribution in [2.45, 2.75) is 39.5 Å². The fourth-order valence-electron chi connectivity index (χ4n) is 1.90. The van der Waals surface area contributed by atoms with Gasteiger partial charge in [0, 0.05) is 6.07 Å². The van der Waals surface area contributed by atoms with Crippen LogP contribution in [-0.2, 0) is 5.41 Å². The summed E-state index contributed by atoms with van der Waals surface area (Å²) in [6, 6.07) is 10.0. The average Bonchev–Trinajstić information content (AvgIpc) is 2.43. The summed E-state index contributed by atoms with van der Waals surface area (Å²) in [5.41, 5.74) is 8.90. The molecule has 0 bridgehead atoms. The van der Waals surface area contributed by atoms with Gasteiger partial charge in [-0.05, 0) is 42.0 Å². The van der Waals surface area contributed by atoms with Gasteiger partial charge in [-0.3, -0.25) is 0 Å². The molecule has 0 amide bonds. The number of aromatic nitrogens is 1. The lowest BCUT2D eigenvalue weighted by molar-refractivity contribution is 0.460. The topological polar surface area (TPSA) is 48.1 Å². The van der Waals surface area contributed by atoms with Crippen molar-refractivity contribution in [2.24, 2.45) is 0 Å². The zero-order chi connectivity index (χ0) is 14.8. The van der Waals surface area contributed by atoms with E-state index in [0.717, 1.165) is 17.7 Å². The molecule has 0 aliphatic heterocycles. The molecule has 106 valence electrons. The maximum atomic E-state index is 5.75. The number of nitrogens with zero attached hydrogens (tertiary/aromatic N) is 1. The zero-order valence-electron chi connectivity index (χ0n) is 12.6. The second-order valence-corrected chi connectivity index (χ2v) is 5.74. The van der Waals surface area contributed by atoms with E-state index in [9.17, 15) is 0 Å². The van der Waals surface area contributed by atoms with E-state index < -0.39 is 0 Å². The molecule has 0 unspecified atom stereocenters. The van der Waals surface area contributed by atoms with Crippen molar-refractivity contribution < 1.29 is 4.74 Å².